The second kappa shape index (κ2) is 6.71. The molecule has 2 nitrogen and oxygen atoms in total. The molecular weight excluding hydrogens is 392 g/mol. The van der Waals surface area contributed by atoms with Gasteiger partial charge in [-0.1, -0.05) is 0 Å². The second-order valence-corrected chi connectivity index (χ2v) is 0.799. The molecule has 9 heavy (non-hydrogen) atoms. The van der Waals surface area contributed by atoms with Crippen molar-refractivity contribution < 1.29 is 23.4 Å². The van der Waals surface area contributed by atoms with Crippen LogP contribution in [0.25, 0.3) is 0 Å². The first-order chi connectivity index (χ1) is 3.56. The molecular formula is C3H6F3O2Rf-. The molecule has 0 rings (SSSR count). The van der Waals surface area contributed by atoms with Gasteiger partial charge in [0.2, 0.25) is 0 Å². The topological polar surface area (TPSA) is 40.5 Å². The van der Waals surface area contributed by atoms with Crippen molar-refractivity contribution in [1.82, 2.24) is 0 Å². The van der Waals surface area contributed by atoms with Crippen molar-refractivity contribution in [3.8, 4) is 0 Å². The summed E-state index contributed by atoms with van der Waals surface area (Å²) in [6, 6.07) is 0. The molecule has 0 saturated carbocycles. The summed E-state index contributed by atoms with van der Waals surface area (Å²) in [4.78, 5) is 0. The number of hydrogen-bond acceptors (Lipinski definition) is 2. The molecule has 0 spiro atoms. The van der Waals surface area contributed by atoms with Gasteiger partial charge in [0.1, 0.15) is 0 Å². The first-order valence-electron chi connectivity index (χ1n) is 1.54. The Morgan fingerprint density at radius 2 is 1.44 bits per heavy atom. The Morgan fingerprint density at radius 3 is 1.44 bits per heavy atom. The first-order valence-corrected chi connectivity index (χ1v) is 1.54. The Labute approximate surface area is 44.6 Å². The third kappa shape index (κ3) is 50.9. The van der Waals surface area contributed by atoms with E-state index in [1.165, 1.54) is 0 Å². The standard InChI is InChI=1S/C2H3F3O.CH3O.Rf/c3-1-2(4,5)6;1-2;/h6H,1H2;2H,1H2;/q;-1;. The van der Waals surface area contributed by atoms with Crippen LogP contribution in [0.5, 0.6) is 0 Å². The smallest absolute Gasteiger partial charge is 0.381 e. The van der Waals surface area contributed by atoms with Gasteiger partial charge in [0.05, 0.1) is 0 Å². The summed E-state index contributed by atoms with van der Waals surface area (Å²) in [5.74, 6) is 0. The number of hydrogen-bond donors (Lipinski definition) is 2. The predicted molar refractivity (Wildman–Crippen MR) is 20.4 cm³/mol. The number of alkyl halides is 3. The monoisotopic (exact) mass is 398 g/mol. The van der Waals surface area contributed by atoms with E-state index in [0.29, 0.717) is 0 Å². The van der Waals surface area contributed by atoms with E-state index in [1.54, 1.807) is 0 Å². The number of aliphatic hydroxyl groups is 2. The van der Waals surface area contributed by atoms with Crippen molar-refractivity contribution in [2.75, 3.05) is 6.67 Å². The van der Waals surface area contributed by atoms with Gasteiger partial charge in [-0.15, -0.1) is 0 Å². The molecule has 0 atom stereocenters. The van der Waals surface area contributed by atoms with Gasteiger partial charge < -0.3 is 10.2 Å². The Kier molecular flexibility index (Phi) is 11.7. The average molecular weight is 398 g/mol. The molecule has 0 radical (unpaired) electrons. The van der Waals surface area contributed by atoms with Crippen LogP contribution in [0.4, 0.5) is 13.2 Å². The molecule has 54 valence electrons. The van der Waals surface area contributed by atoms with Crippen LogP contribution in [-0.2, 0) is 0 Å². The van der Waals surface area contributed by atoms with E-state index in [4.69, 9.17) is 10.2 Å². The number of halogens is 3. The summed E-state index contributed by atoms with van der Waals surface area (Å²) in [6.45, 7) is -2.01. The van der Waals surface area contributed by atoms with E-state index in [2.05, 4.69) is 7.11 Å². The van der Waals surface area contributed by atoms with Crippen LogP contribution >= 0.6 is 0 Å². The summed E-state index contributed by atoms with van der Waals surface area (Å²) in [6.07, 6.45) is -4.12. The SMILES string of the molecule is OC(F)(F)CF.[CH2-]O.[Rf]. The second-order valence-electron chi connectivity index (χ2n) is 0.799. The minimum Gasteiger partial charge on any atom is -0.569 e. The van der Waals surface area contributed by atoms with Gasteiger partial charge in [-0.05, 0) is 0 Å². The van der Waals surface area contributed by atoms with E-state index < -0.39 is 12.8 Å². The first kappa shape index (κ1) is 15.6. The van der Waals surface area contributed by atoms with Crippen molar-refractivity contribution in [1.29, 1.82) is 0 Å². The molecule has 0 aliphatic carbocycles. The molecule has 0 bridgehead atoms. The molecule has 2 N–H and O–H groups in total. The Bertz CT molecular complexity index is 46.8. The quantitative estimate of drug-likeness (QED) is 0.639. The van der Waals surface area contributed by atoms with E-state index in [-0.39, 0.29) is 0 Å². The maximum atomic E-state index is 10.6. The fourth-order valence-corrected chi connectivity index (χ4v) is 0. The van der Waals surface area contributed by atoms with Crippen LogP contribution in [0.3, 0.4) is 0 Å². The van der Waals surface area contributed by atoms with Crippen LogP contribution < -0.4 is 0 Å². The Morgan fingerprint density at radius 1 is 1.33 bits per heavy atom. The Hall–Kier alpha value is -1.29. The molecule has 6 heteroatoms. The molecule has 0 aromatic heterocycles. The van der Waals surface area contributed by atoms with Crippen molar-refractivity contribution in [2.24, 2.45) is 0 Å². The van der Waals surface area contributed by atoms with Crippen LogP contribution in [0, 0.1) is 7.11 Å². The van der Waals surface area contributed by atoms with Crippen molar-refractivity contribution in [2.45, 2.75) is 6.11 Å². The van der Waals surface area contributed by atoms with E-state index in [0.717, 1.165) is 0 Å². The van der Waals surface area contributed by atoms with Crippen molar-refractivity contribution >= 4 is 0 Å². The van der Waals surface area contributed by atoms with E-state index in [9.17, 15) is 13.2 Å². The molecule has 0 saturated heterocycles. The molecule has 0 amide bonds. The summed E-state index contributed by atoms with van der Waals surface area (Å²) >= 11 is 0. The van der Waals surface area contributed by atoms with Crippen LogP contribution in [0.2, 0.25) is 0 Å². The average Bonchev–Trinajstić information content (AvgIpc) is 1.71. The normalized spacial score (nSPS) is 8.67. The molecule has 0 aliphatic rings. The van der Waals surface area contributed by atoms with Gasteiger partial charge >= 0.3 is 6.11 Å². The fraction of sp³-hybridized carbons (Fsp3) is 0.667. The zero-order chi connectivity index (χ0) is 7.21. The third-order valence-electron chi connectivity index (χ3n) is 0.161. The zero-order valence-electron chi connectivity index (χ0n) is 4.65. The minimum absolute atomic E-state index is 0. The molecule has 0 aromatic rings. The van der Waals surface area contributed by atoms with Crippen molar-refractivity contribution in [3.05, 3.63) is 7.11 Å². The van der Waals surface area contributed by atoms with Crippen LogP contribution in [0.15, 0.2) is 0 Å². The largest absolute Gasteiger partial charge is 0.569 e. The maximum absolute atomic E-state index is 10.6. The van der Waals surface area contributed by atoms with Gasteiger partial charge in [-0.3, -0.25) is 0 Å². The van der Waals surface area contributed by atoms with Crippen molar-refractivity contribution in [3.63, 3.8) is 0 Å². The number of rotatable bonds is 1. The Balaban J connectivity index is -0.000000109. The molecule has 0 heterocycles. The van der Waals surface area contributed by atoms with Gasteiger partial charge in [-0.25, -0.2) is 11.5 Å². The molecule has 0 fully saturated rings. The predicted octanol–water partition coefficient (Wildman–Crippen LogP) is 0.691. The molecule has 0 aromatic carbocycles. The number of aliphatic hydroxyl groups excluding tert-OH is 1. The van der Waals surface area contributed by atoms with Gasteiger partial charge in [0.15, 0.2) is 6.67 Å². The van der Waals surface area contributed by atoms with Crippen LogP contribution in [0.1, 0.15) is 0 Å². The van der Waals surface area contributed by atoms with Gasteiger partial charge in [-0.2, -0.15) is 8.78 Å². The molecule has 0 aliphatic heterocycles. The minimum atomic E-state index is -4.12. The summed E-state index contributed by atoms with van der Waals surface area (Å²) < 4.78 is 31.8. The van der Waals surface area contributed by atoms with Crippen LogP contribution in [-0.4, -0.2) is 23.0 Å². The van der Waals surface area contributed by atoms with E-state index >= 15 is 0 Å². The third-order valence-corrected chi connectivity index (χ3v) is 0.161. The molecule has 0 unspecified atom stereocenters. The fourth-order valence-electron chi connectivity index (χ4n) is 0. The zero-order valence-corrected chi connectivity index (χ0v) is 11.0. The summed E-state index contributed by atoms with van der Waals surface area (Å²) in [7, 11) is 2.25. The van der Waals surface area contributed by atoms with E-state index in [1.807, 2.05) is 0 Å². The van der Waals surface area contributed by atoms with Gasteiger partial charge in [0, 0.05) is 0 Å². The van der Waals surface area contributed by atoms with Gasteiger partial charge in [0.25, 0.3) is 0 Å². The summed E-state index contributed by atoms with van der Waals surface area (Å²) in [5.41, 5.74) is 0. The summed E-state index contributed by atoms with van der Waals surface area (Å²) in [5, 5.41) is 13.9. The maximum Gasteiger partial charge on any atom is 0.381 e.